The van der Waals surface area contributed by atoms with Crippen LogP contribution in [-0.2, 0) is 0 Å². The van der Waals surface area contributed by atoms with Crippen LogP contribution in [0, 0.1) is 11.6 Å². The Morgan fingerprint density at radius 2 is 2.00 bits per heavy atom. The third-order valence-electron chi connectivity index (χ3n) is 1.62. The number of aromatic nitrogens is 2. The molecule has 0 aliphatic heterocycles. The van der Waals surface area contributed by atoms with Crippen molar-refractivity contribution in [3.63, 3.8) is 0 Å². The zero-order chi connectivity index (χ0) is 9.42. The van der Waals surface area contributed by atoms with E-state index in [0.29, 0.717) is 5.52 Å². The summed E-state index contributed by atoms with van der Waals surface area (Å²) in [5, 5.41) is 0.0444. The fraction of sp³-hybridized carbons (Fsp3) is 0. The molecule has 5 heteroatoms. The number of rotatable bonds is 0. The van der Waals surface area contributed by atoms with Crippen molar-refractivity contribution in [1.29, 1.82) is 0 Å². The minimum absolute atomic E-state index is 0.0125. The lowest BCUT2D eigenvalue weighted by atomic mass is 10.2. The zero-order valence-corrected chi connectivity index (χ0v) is 7.02. The maximum Gasteiger partial charge on any atom is 0.222 e. The predicted molar refractivity (Wildman–Crippen MR) is 44.5 cm³/mol. The van der Waals surface area contributed by atoms with Crippen molar-refractivity contribution in [2.45, 2.75) is 0 Å². The SMILES string of the molecule is Fc1ccc2nc(Cl)ncc2c1F. The van der Waals surface area contributed by atoms with Gasteiger partial charge >= 0.3 is 0 Å². The van der Waals surface area contributed by atoms with Crippen molar-refractivity contribution in [3.8, 4) is 0 Å². The van der Waals surface area contributed by atoms with Gasteiger partial charge < -0.3 is 0 Å². The molecule has 2 aromatic rings. The molecule has 0 saturated heterocycles. The molecule has 0 N–H and O–H groups in total. The van der Waals surface area contributed by atoms with Crippen LogP contribution in [0.1, 0.15) is 0 Å². The molecule has 1 heterocycles. The third kappa shape index (κ3) is 1.33. The van der Waals surface area contributed by atoms with E-state index in [9.17, 15) is 8.78 Å². The van der Waals surface area contributed by atoms with E-state index in [0.717, 1.165) is 12.3 Å². The highest BCUT2D eigenvalue weighted by atomic mass is 35.5. The van der Waals surface area contributed by atoms with Crippen LogP contribution in [0.2, 0.25) is 5.28 Å². The molecule has 0 fully saturated rings. The van der Waals surface area contributed by atoms with Gasteiger partial charge in [-0.3, -0.25) is 0 Å². The minimum Gasteiger partial charge on any atom is -0.226 e. The molecular formula is C8H3ClF2N2. The molecule has 0 bridgehead atoms. The smallest absolute Gasteiger partial charge is 0.222 e. The molecule has 13 heavy (non-hydrogen) atoms. The van der Waals surface area contributed by atoms with Gasteiger partial charge in [0.05, 0.1) is 10.9 Å². The summed E-state index contributed by atoms with van der Waals surface area (Å²) >= 11 is 5.47. The molecule has 0 aliphatic carbocycles. The van der Waals surface area contributed by atoms with E-state index in [2.05, 4.69) is 9.97 Å². The minimum atomic E-state index is -0.950. The van der Waals surface area contributed by atoms with E-state index in [-0.39, 0.29) is 10.7 Å². The number of halogens is 3. The van der Waals surface area contributed by atoms with Gasteiger partial charge in [-0.1, -0.05) is 0 Å². The molecule has 0 amide bonds. The lowest BCUT2D eigenvalue weighted by Gasteiger charge is -1.98. The number of benzene rings is 1. The van der Waals surface area contributed by atoms with Crippen LogP contribution in [0.5, 0.6) is 0 Å². The summed E-state index contributed by atoms with van der Waals surface area (Å²) in [7, 11) is 0. The van der Waals surface area contributed by atoms with Gasteiger partial charge in [-0.25, -0.2) is 18.7 Å². The lowest BCUT2D eigenvalue weighted by molar-refractivity contribution is 0.516. The maximum absolute atomic E-state index is 13.0. The van der Waals surface area contributed by atoms with Crippen LogP contribution < -0.4 is 0 Å². The van der Waals surface area contributed by atoms with Crippen LogP contribution in [0.25, 0.3) is 10.9 Å². The first-order valence-electron chi connectivity index (χ1n) is 3.45. The fourth-order valence-corrected chi connectivity index (χ4v) is 1.16. The molecule has 0 spiro atoms. The summed E-state index contributed by atoms with van der Waals surface area (Å²) in [5.41, 5.74) is 0.291. The van der Waals surface area contributed by atoms with E-state index < -0.39 is 11.6 Å². The highest BCUT2D eigenvalue weighted by Crippen LogP contribution is 2.18. The van der Waals surface area contributed by atoms with E-state index in [1.54, 1.807) is 0 Å². The van der Waals surface area contributed by atoms with Crippen LogP contribution >= 0.6 is 11.6 Å². The number of nitrogens with zero attached hydrogens (tertiary/aromatic N) is 2. The highest BCUT2D eigenvalue weighted by Gasteiger charge is 2.07. The summed E-state index contributed by atoms with van der Waals surface area (Å²) in [6, 6.07) is 2.35. The van der Waals surface area contributed by atoms with Crippen molar-refractivity contribution in [2.75, 3.05) is 0 Å². The van der Waals surface area contributed by atoms with Gasteiger partial charge in [-0.15, -0.1) is 0 Å². The Bertz CT molecular complexity index is 473. The summed E-state index contributed by atoms with van der Waals surface area (Å²) in [4.78, 5) is 7.28. The Morgan fingerprint density at radius 3 is 2.77 bits per heavy atom. The van der Waals surface area contributed by atoms with Crippen molar-refractivity contribution < 1.29 is 8.78 Å². The second kappa shape index (κ2) is 2.88. The van der Waals surface area contributed by atoms with E-state index in [4.69, 9.17) is 11.6 Å². The summed E-state index contributed by atoms with van der Waals surface area (Å²) < 4.78 is 25.7. The van der Waals surface area contributed by atoms with Gasteiger partial charge in [0.15, 0.2) is 11.6 Å². The Labute approximate surface area is 77.2 Å². The van der Waals surface area contributed by atoms with Crippen molar-refractivity contribution in [2.24, 2.45) is 0 Å². The first kappa shape index (κ1) is 8.31. The topological polar surface area (TPSA) is 25.8 Å². The molecule has 66 valence electrons. The van der Waals surface area contributed by atoms with Crippen LogP contribution in [0.3, 0.4) is 0 Å². The van der Waals surface area contributed by atoms with Gasteiger partial charge in [0.25, 0.3) is 0 Å². The molecule has 1 aromatic heterocycles. The quantitative estimate of drug-likeness (QED) is 0.611. The normalized spacial score (nSPS) is 10.7. The highest BCUT2D eigenvalue weighted by molar-refractivity contribution is 6.28. The molecule has 0 atom stereocenters. The van der Waals surface area contributed by atoms with Crippen LogP contribution in [0.4, 0.5) is 8.78 Å². The molecule has 0 aliphatic rings. The van der Waals surface area contributed by atoms with Gasteiger partial charge in [-0.05, 0) is 23.7 Å². The second-order valence-corrected chi connectivity index (χ2v) is 2.77. The van der Waals surface area contributed by atoms with Crippen molar-refractivity contribution in [1.82, 2.24) is 9.97 Å². The molecule has 2 rings (SSSR count). The molecule has 0 radical (unpaired) electrons. The molecule has 0 unspecified atom stereocenters. The molecular weight excluding hydrogens is 198 g/mol. The number of fused-ring (bicyclic) bond motifs is 1. The van der Waals surface area contributed by atoms with Gasteiger partial charge in [-0.2, -0.15) is 0 Å². The van der Waals surface area contributed by atoms with Gasteiger partial charge in [0, 0.05) is 6.20 Å². The molecule has 2 nitrogen and oxygen atoms in total. The van der Waals surface area contributed by atoms with Crippen LogP contribution in [0.15, 0.2) is 18.3 Å². The van der Waals surface area contributed by atoms with Gasteiger partial charge in [0.1, 0.15) is 0 Å². The van der Waals surface area contributed by atoms with E-state index in [1.165, 1.54) is 6.07 Å². The fourth-order valence-electron chi connectivity index (χ4n) is 1.02. The average molecular weight is 201 g/mol. The Hall–Kier alpha value is -1.29. The Balaban J connectivity index is 2.87. The largest absolute Gasteiger partial charge is 0.226 e. The van der Waals surface area contributed by atoms with Crippen molar-refractivity contribution >= 4 is 22.5 Å². The number of hydrogen-bond donors (Lipinski definition) is 0. The monoisotopic (exact) mass is 200 g/mol. The average Bonchev–Trinajstić information content (AvgIpc) is 2.12. The van der Waals surface area contributed by atoms with Crippen molar-refractivity contribution in [3.05, 3.63) is 35.2 Å². The maximum atomic E-state index is 13.0. The predicted octanol–water partition coefficient (Wildman–Crippen LogP) is 2.56. The Kier molecular flexibility index (Phi) is 1.84. The molecule has 0 saturated carbocycles. The number of hydrogen-bond acceptors (Lipinski definition) is 2. The Morgan fingerprint density at radius 1 is 1.23 bits per heavy atom. The zero-order valence-electron chi connectivity index (χ0n) is 6.26. The van der Waals surface area contributed by atoms with Gasteiger partial charge in [0.2, 0.25) is 5.28 Å². The first-order valence-corrected chi connectivity index (χ1v) is 3.82. The molecule has 1 aromatic carbocycles. The first-order chi connectivity index (χ1) is 6.18. The second-order valence-electron chi connectivity index (χ2n) is 2.43. The summed E-state index contributed by atoms with van der Waals surface area (Å²) in [5.74, 6) is -1.87. The van der Waals surface area contributed by atoms with E-state index >= 15 is 0 Å². The summed E-state index contributed by atoms with van der Waals surface area (Å²) in [6.45, 7) is 0. The third-order valence-corrected chi connectivity index (χ3v) is 1.80. The standard InChI is InChI=1S/C8H3ClF2N2/c9-8-12-3-4-6(13-8)2-1-5(10)7(4)11/h1-3H. The van der Waals surface area contributed by atoms with E-state index in [1.807, 2.05) is 0 Å². The summed E-state index contributed by atoms with van der Waals surface area (Å²) in [6.07, 6.45) is 1.16. The lowest BCUT2D eigenvalue weighted by Crippen LogP contribution is -1.90. The van der Waals surface area contributed by atoms with Crippen LogP contribution in [-0.4, -0.2) is 9.97 Å².